The van der Waals surface area contributed by atoms with Gasteiger partial charge in [-0.25, -0.2) is 0 Å². The number of fused-ring (bicyclic) bond motifs is 1. The molecule has 0 saturated heterocycles. The molecule has 30 heavy (non-hydrogen) atoms. The SMILES string of the molecule is Cc1ccc(C)c(OCC(=O)NC(=S)NNC(=O)Cc2cccc3ccccc23)c1. The molecule has 0 aliphatic heterocycles. The number of amides is 2. The van der Waals surface area contributed by atoms with E-state index in [1.165, 1.54) is 0 Å². The Hall–Kier alpha value is -3.45. The number of nitrogens with one attached hydrogen (secondary N) is 3. The molecule has 0 aliphatic carbocycles. The molecule has 3 N–H and O–H groups in total. The first kappa shape index (κ1) is 21.3. The van der Waals surface area contributed by atoms with Crippen molar-refractivity contribution in [3.63, 3.8) is 0 Å². The fraction of sp³-hybridized carbons (Fsp3) is 0.174. The smallest absolute Gasteiger partial charge is 0.264 e. The second kappa shape index (κ2) is 9.84. The maximum absolute atomic E-state index is 12.3. The Bertz CT molecular complexity index is 1090. The van der Waals surface area contributed by atoms with Gasteiger partial charge in [0, 0.05) is 0 Å². The molecule has 0 radical (unpaired) electrons. The van der Waals surface area contributed by atoms with Crippen molar-refractivity contribution in [3.8, 4) is 5.75 Å². The maximum atomic E-state index is 12.3. The second-order valence-electron chi connectivity index (χ2n) is 6.92. The maximum Gasteiger partial charge on any atom is 0.264 e. The summed E-state index contributed by atoms with van der Waals surface area (Å²) in [6.45, 7) is 3.67. The van der Waals surface area contributed by atoms with Crippen molar-refractivity contribution in [2.75, 3.05) is 6.61 Å². The molecule has 6 nitrogen and oxygen atoms in total. The number of ether oxygens (including phenoxy) is 1. The number of hydrogen-bond donors (Lipinski definition) is 3. The Balaban J connectivity index is 1.45. The van der Waals surface area contributed by atoms with Gasteiger partial charge in [-0.05, 0) is 59.6 Å². The monoisotopic (exact) mass is 421 g/mol. The van der Waals surface area contributed by atoms with Crippen LogP contribution in [0.5, 0.6) is 5.75 Å². The quantitative estimate of drug-likeness (QED) is 0.436. The van der Waals surface area contributed by atoms with Crippen LogP contribution < -0.4 is 20.9 Å². The van der Waals surface area contributed by atoms with E-state index in [-0.39, 0.29) is 24.0 Å². The van der Waals surface area contributed by atoms with E-state index in [1.54, 1.807) is 0 Å². The lowest BCUT2D eigenvalue weighted by Gasteiger charge is -2.13. The number of carbonyl (C=O) groups excluding carboxylic acids is 2. The molecule has 3 rings (SSSR count). The lowest BCUT2D eigenvalue weighted by atomic mass is 10.0. The van der Waals surface area contributed by atoms with E-state index < -0.39 is 5.91 Å². The predicted octanol–water partition coefficient (Wildman–Crippen LogP) is 3.10. The summed E-state index contributed by atoms with van der Waals surface area (Å²) < 4.78 is 5.54. The van der Waals surface area contributed by atoms with E-state index in [1.807, 2.05) is 74.5 Å². The molecule has 2 amide bonds. The number of benzene rings is 3. The Morgan fingerprint density at radius 2 is 1.70 bits per heavy atom. The lowest BCUT2D eigenvalue weighted by molar-refractivity contribution is -0.122. The van der Waals surface area contributed by atoms with Gasteiger partial charge in [0.05, 0.1) is 6.42 Å². The summed E-state index contributed by atoms with van der Waals surface area (Å²) in [6, 6.07) is 19.5. The number of hydrazine groups is 1. The zero-order chi connectivity index (χ0) is 21.5. The van der Waals surface area contributed by atoms with Crippen LogP contribution in [0.25, 0.3) is 10.8 Å². The first-order chi connectivity index (χ1) is 14.4. The molecule has 0 heterocycles. The molecule has 0 unspecified atom stereocenters. The number of aryl methyl sites for hydroxylation is 2. The minimum absolute atomic E-state index is 0.00386. The van der Waals surface area contributed by atoms with Crippen molar-refractivity contribution in [3.05, 3.63) is 77.4 Å². The second-order valence-corrected chi connectivity index (χ2v) is 7.33. The van der Waals surface area contributed by atoms with Gasteiger partial charge >= 0.3 is 0 Å². The fourth-order valence-electron chi connectivity index (χ4n) is 2.99. The molecule has 0 saturated carbocycles. The molecule has 154 valence electrons. The predicted molar refractivity (Wildman–Crippen MR) is 121 cm³/mol. The molecule has 0 atom stereocenters. The van der Waals surface area contributed by atoms with Crippen LogP contribution in [0.2, 0.25) is 0 Å². The molecule has 0 aliphatic rings. The van der Waals surface area contributed by atoms with Crippen LogP contribution in [0.3, 0.4) is 0 Å². The number of carbonyl (C=O) groups is 2. The van der Waals surface area contributed by atoms with Crippen LogP contribution >= 0.6 is 12.2 Å². The van der Waals surface area contributed by atoms with Crippen LogP contribution in [-0.2, 0) is 16.0 Å². The summed E-state index contributed by atoms with van der Waals surface area (Å²) in [5.41, 5.74) is 7.94. The highest BCUT2D eigenvalue weighted by Gasteiger charge is 2.10. The van der Waals surface area contributed by atoms with Crippen LogP contribution in [0.1, 0.15) is 16.7 Å². The number of thiocarbonyl (C=S) groups is 1. The van der Waals surface area contributed by atoms with Crippen LogP contribution in [0, 0.1) is 13.8 Å². The number of hydrogen-bond acceptors (Lipinski definition) is 4. The third-order valence-corrected chi connectivity index (χ3v) is 4.71. The van der Waals surface area contributed by atoms with E-state index >= 15 is 0 Å². The van der Waals surface area contributed by atoms with Gasteiger partial charge in [0.15, 0.2) is 11.7 Å². The van der Waals surface area contributed by atoms with E-state index in [0.717, 1.165) is 27.5 Å². The Labute approximate surface area is 180 Å². The topological polar surface area (TPSA) is 79.5 Å². The summed E-state index contributed by atoms with van der Waals surface area (Å²) in [5.74, 6) is -0.0429. The van der Waals surface area contributed by atoms with Crippen molar-refractivity contribution in [1.29, 1.82) is 0 Å². The molecular formula is C23H23N3O3S. The largest absolute Gasteiger partial charge is 0.483 e. The van der Waals surface area contributed by atoms with E-state index in [4.69, 9.17) is 17.0 Å². The molecule has 0 aromatic heterocycles. The Morgan fingerprint density at radius 1 is 0.933 bits per heavy atom. The third-order valence-electron chi connectivity index (χ3n) is 4.50. The van der Waals surface area contributed by atoms with Crippen molar-refractivity contribution in [2.24, 2.45) is 0 Å². The average molecular weight is 422 g/mol. The van der Waals surface area contributed by atoms with Crippen LogP contribution in [-0.4, -0.2) is 23.5 Å². The molecule has 0 spiro atoms. The van der Waals surface area contributed by atoms with E-state index in [9.17, 15) is 9.59 Å². The van der Waals surface area contributed by atoms with Gasteiger partial charge in [-0.3, -0.25) is 25.8 Å². The fourth-order valence-corrected chi connectivity index (χ4v) is 3.16. The molecule has 0 bridgehead atoms. The average Bonchev–Trinajstić information content (AvgIpc) is 2.73. The van der Waals surface area contributed by atoms with Crippen molar-refractivity contribution < 1.29 is 14.3 Å². The van der Waals surface area contributed by atoms with Gasteiger partial charge in [-0.2, -0.15) is 0 Å². The number of rotatable bonds is 5. The summed E-state index contributed by atoms with van der Waals surface area (Å²) >= 11 is 5.05. The summed E-state index contributed by atoms with van der Waals surface area (Å²) in [7, 11) is 0. The summed E-state index contributed by atoms with van der Waals surface area (Å²) in [4.78, 5) is 24.3. The van der Waals surface area contributed by atoms with Crippen LogP contribution in [0.15, 0.2) is 60.7 Å². The van der Waals surface area contributed by atoms with Crippen LogP contribution in [0.4, 0.5) is 0 Å². The normalized spacial score (nSPS) is 10.3. The zero-order valence-electron chi connectivity index (χ0n) is 16.8. The highest BCUT2D eigenvalue weighted by molar-refractivity contribution is 7.80. The highest BCUT2D eigenvalue weighted by Crippen LogP contribution is 2.19. The van der Waals surface area contributed by atoms with Gasteiger partial charge < -0.3 is 4.74 Å². The minimum Gasteiger partial charge on any atom is -0.483 e. The third kappa shape index (κ3) is 5.78. The van der Waals surface area contributed by atoms with Crippen molar-refractivity contribution in [1.82, 2.24) is 16.2 Å². The van der Waals surface area contributed by atoms with Crippen molar-refractivity contribution >= 4 is 39.9 Å². The van der Waals surface area contributed by atoms with E-state index in [2.05, 4.69) is 16.2 Å². The first-order valence-electron chi connectivity index (χ1n) is 9.48. The van der Waals surface area contributed by atoms with Gasteiger partial charge in [-0.15, -0.1) is 0 Å². The molecule has 3 aromatic carbocycles. The minimum atomic E-state index is -0.420. The molecular weight excluding hydrogens is 398 g/mol. The van der Waals surface area contributed by atoms with Gasteiger partial charge in [0.2, 0.25) is 5.91 Å². The zero-order valence-corrected chi connectivity index (χ0v) is 17.6. The van der Waals surface area contributed by atoms with Gasteiger partial charge in [-0.1, -0.05) is 54.6 Å². The summed E-state index contributed by atoms with van der Waals surface area (Å²) in [5, 5.41) is 4.57. The summed E-state index contributed by atoms with van der Waals surface area (Å²) in [6.07, 6.45) is 0.181. The first-order valence-corrected chi connectivity index (χ1v) is 9.88. The molecule has 7 heteroatoms. The van der Waals surface area contributed by atoms with Crippen molar-refractivity contribution in [2.45, 2.75) is 20.3 Å². The highest BCUT2D eigenvalue weighted by atomic mass is 32.1. The standard InChI is InChI=1S/C23H23N3O3S/c1-15-10-11-16(2)20(12-15)29-14-22(28)24-23(30)26-25-21(27)13-18-8-5-7-17-6-3-4-9-19(17)18/h3-12H,13-14H2,1-2H3,(H,25,27)(H2,24,26,28,30). The molecule has 3 aromatic rings. The van der Waals surface area contributed by atoms with E-state index in [0.29, 0.717) is 5.75 Å². The Morgan fingerprint density at radius 3 is 2.53 bits per heavy atom. The molecule has 0 fully saturated rings. The van der Waals surface area contributed by atoms with Gasteiger partial charge in [0.25, 0.3) is 5.91 Å². The lowest BCUT2D eigenvalue weighted by Crippen LogP contribution is -2.49. The van der Waals surface area contributed by atoms with Gasteiger partial charge in [0.1, 0.15) is 5.75 Å². The Kier molecular flexibility index (Phi) is 6.98.